The zero-order valence-corrected chi connectivity index (χ0v) is 13.4. The molecule has 1 heterocycles. The molecule has 20 heavy (non-hydrogen) atoms. The van der Waals surface area contributed by atoms with Crippen LogP contribution in [0.4, 0.5) is 5.69 Å². The van der Waals surface area contributed by atoms with E-state index in [0.29, 0.717) is 0 Å². The predicted octanol–water partition coefficient (Wildman–Crippen LogP) is 4.21. The van der Waals surface area contributed by atoms with E-state index in [2.05, 4.69) is 50.4 Å². The molecule has 2 aromatic carbocycles. The Balaban J connectivity index is 1.92. The highest BCUT2D eigenvalue weighted by Crippen LogP contribution is 2.27. The molecular weight excluding hydrogens is 336 g/mol. The van der Waals surface area contributed by atoms with E-state index in [1.54, 1.807) is 0 Å². The van der Waals surface area contributed by atoms with E-state index >= 15 is 0 Å². The van der Waals surface area contributed by atoms with Crippen molar-refractivity contribution in [3.63, 3.8) is 0 Å². The number of para-hydroxylation sites is 1. The van der Waals surface area contributed by atoms with E-state index in [0.717, 1.165) is 35.7 Å². The van der Waals surface area contributed by atoms with Gasteiger partial charge in [0.1, 0.15) is 0 Å². The van der Waals surface area contributed by atoms with Crippen LogP contribution in [0.3, 0.4) is 0 Å². The molecule has 4 heteroatoms. The van der Waals surface area contributed by atoms with Gasteiger partial charge in [0, 0.05) is 41.4 Å². The lowest BCUT2D eigenvalue weighted by Gasteiger charge is -2.25. The Morgan fingerprint density at radius 2 is 2.05 bits per heavy atom. The van der Waals surface area contributed by atoms with E-state index < -0.39 is 0 Å². The molecule has 0 saturated heterocycles. The predicted molar refractivity (Wildman–Crippen MR) is 88.4 cm³/mol. The van der Waals surface area contributed by atoms with Crippen molar-refractivity contribution in [2.24, 2.45) is 0 Å². The summed E-state index contributed by atoms with van der Waals surface area (Å²) in [7, 11) is 0. The molecule has 104 valence electrons. The quantitative estimate of drug-likeness (QED) is 0.872. The average molecular weight is 352 g/mol. The van der Waals surface area contributed by atoms with Crippen molar-refractivity contribution < 1.29 is 0 Å². The highest BCUT2D eigenvalue weighted by Gasteiger charge is 2.15. The van der Waals surface area contributed by atoms with Crippen molar-refractivity contribution in [3.8, 4) is 0 Å². The summed E-state index contributed by atoms with van der Waals surface area (Å²) < 4.78 is 1.11. The van der Waals surface area contributed by atoms with Crippen LogP contribution in [0.15, 0.2) is 46.9 Å². The monoisotopic (exact) mass is 350 g/mol. The van der Waals surface area contributed by atoms with E-state index in [9.17, 15) is 0 Å². The Kier molecular flexibility index (Phi) is 4.29. The van der Waals surface area contributed by atoms with Gasteiger partial charge in [0.15, 0.2) is 0 Å². The van der Waals surface area contributed by atoms with Crippen LogP contribution in [-0.2, 0) is 13.1 Å². The van der Waals surface area contributed by atoms with Crippen LogP contribution in [-0.4, -0.2) is 13.1 Å². The van der Waals surface area contributed by atoms with Crippen LogP contribution >= 0.6 is 27.5 Å². The van der Waals surface area contributed by atoms with Crippen molar-refractivity contribution in [1.29, 1.82) is 0 Å². The summed E-state index contributed by atoms with van der Waals surface area (Å²) in [5, 5.41) is 4.25. The van der Waals surface area contributed by atoms with Gasteiger partial charge >= 0.3 is 0 Å². The van der Waals surface area contributed by atoms with E-state index in [1.165, 1.54) is 16.8 Å². The number of anilines is 1. The van der Waals surface area contributed by atoms with Crippen molar-refractivity contribution >= 4 is 33.2 Å². The van der Waals surface area contributed by atoms with Crippen LogP contribution in [0.5, 0.6) is 0 Å². The van der Waals surface area contributed by atoms with Crippen molar-refractivity contribution in [2.75, 3.05) is 18.0 Å². The molecule has 0 bridgehead atoms. The number of rotatable bonds is 2. The fraction of sp³-hybridized carbons (Fsp3) is 0.250. The Hall–Kier alpha value is -1.03. The first-order valence-electron chi connectivity index (χ1n) is 6.71. The first kappa shape index (κ1) is 13.9. The Bertz CT molecular complexity index is 615. The number of hydrogen-bond acceptors (Lipinski definition) is 2. The summed E-state index contributed by atoms with van der Waals surface area (Å²) in [5.41, 5.74) is 3.88. The zero-order valence-electron chi connectivity index (χ0n) is 11.1. The third-order valence-corrected chi connectivity index (χ3v) is 4.58. The van der Waals surface area contributed by atoms with Gasteiger partial charge in [-0.2, -0.15) is 0 Å². The van der Waals surface area contributed by atoms with E-state index in [4.69, 9.17) is 11.6 Å². The topological polar surface area (TPSA) is 15.3 Å². The van der Waals surface area contributed by atoms with Crippen LogP contribution < -0.4 is 10.2 Å². The molecule has 0 atom stereocenters. The van der Waals surface area contributed by atoms with Gasteiger partial charge in [0.25, 0.3) is 0 Å². The van der Waals surface area contributed by atoms with Gasteiger partial charge in [-0.3, -0.25) is 0 Å². The zero-order chi connectivity index (χ0) is 13.9. The molecule has 0 fully saturated rings. The molecule has 0 radical (unpaired) electrons. The third-order valence-electron chi connectivity index (χ3n) is 3.58. The van der Waals surface area contributed by atoms with Crippen LogP contribution in [0, 0.1) is 0 Å². The maximum Gasteiger partial charge on any atom is 0.0441 e. The molecule has 1 aliphatic heterocycles. The number of nitrogens with one attached hydrogen (secondary N) is 1. The second-order valence-electron chi connectivity index (χ2n) is 4.96. The summed E-state index contributed by atoms with van der Waals surface area (Å²) in [5.74, 6) is 0. The molecule has 0 aliphatic carbocycles. The summed E-state index contributed by atoms with van der Waals surface area (Å²) in [6.45, 7) is 3.78. The Morgan fingerprint density at radius 3 is 2.95 bits per heavy atom. The molecule has 1 aliphatic rings. The highest BCUT2D eigenvalue weighted by molar-refractivity contribution is 9.10. The van der Waals surface area contributed by atoms with E-state index in [-0.39, 0.29) is 0 Å². The molecule has 2 nitrogen and oxygen atoms in total. The number of fused-ring (bicyclic) bond motifs is 1. The molecule has 0 amide bonds. The molecule has 0 aromatic heterocycles. The minimum Gasteiger partial charge on any atom is -0.366 e. The maximum atomic E-state index is 6.12. The summed E-state index contributed by atoms with van der Waals surface area (Å²) in [6, 6.07) is 14.5. The minimum absolute atomic E-state index is 0.782. The molecule has 2 aromatic rings. The molecule has 0 unspecified atom stereocenters. The number of halogens is 2. The molecular formula is C16H16BrClN2. The van der Waals surface area contributed by atoms with Crippen LogP contribution in [0.25, 0.3) is 0 Å². The first-order valence-corrected chi connectivity index (χ1v) is 7.88. The standard InChI is InChI=1S/C16H16BrClN2/c17-15-6-5-14(18)9-13(15)11-20-8-7-19-10-12-3-1-2-4-16(12)20/h1-6,9,19H,7-8,10-11H2. The van der Waals surface area contributed by atoms with Crippen LogP contribution in [0.2, 0.25) is 5.02 Å². The lowest BCUT2D eigenvalue weighted by atomic mass is 10.1. The van der Waals surface area contributed by atoms with Gasteiger partial charge in [0.05, 0.1) is 0 Å². The number of hydrogen-bond donors (Lipinski definition) is 1. The first-order chi connectivity index (χ1) is 9.74. The second kappa shape index (κ2) is 6.17. The van der Waals surface area contributed by atoms with E-state index in [1.807, 2.05) is 18.2 Å². The summed E-state index contributed by atoms with van der Waals surface area (Å²) in [4.78, 5) is 2.41. The average Bonchev–Trinajstić information content (AvgIpc) is 2.66. The van der Waals surface area contributed by atoms with Gasteiger partial charge in [-0.1, -0.05) is 45.7 Å². The minimum atomic E-state index is 0.782. The SMILES string of the molecule is Clc1ccc(Br)c(CN2CCNCc3ccccc32)c1. The fourth-order valence-corrected chi connectivity index (χ4v) is 3.13. The largest absolute Gasteiger partial charge is 0.366 e. The number of nitrogens with zero attached hydrogens (tertiary/aromatic N) is 1. The molecule has 1 N–H and O–H groups in total. The molecule has 0 saturated carbocycles. The smallest absolute Gasteiger partial charge is 0.0441 e. The number of benzene rings is 2. The lowest BCUT2D eigenvalue weighted by Crippen LogP contribution is -2.28. The van der Waals surface area contributed by atoms with Gasteiger partial charge in [0.2, 0.25) is 0 Å². The fourth-order valence-electron chi connectivity index (χ4n) is 2.56. The van der Waals surface area contributed by atoms with Gasteiger partial charge in [-0.25, -0.2) is 0 Å². The van der Waals surface area contributed by atoms with Gasteiger partial charge in [-0.05, 0) is 35.4 Å². The Labute approximate surface area is 132 Å². The lowest BCUT2D eigenvalue weighted by molar-refractivity contribution is 0.688. The molecule has 3 rings (SSSR count). The van der Waals surface area contributed by atoms with Gasteiger partial charge in [-0.15, -0.1) is 0 Å². The maximum absolute atomic E-state index is 6.12. The normalized spacial score (nSPS) is 14.8. The van der Waals surface area contributed by atoms with Crippen LogP contribution in [0.1, 0.15) is 11.1 Å². The highest BCUT2D eigenvalue weighted by atomic mass is 79.9. The van der Waals surface area contributed by atoms with Crippen molar-refractivity contribution in [2.45, 2.75) is 13.1 Å². The second-order valence-corrected chi connectivity index (χ2v) is 6.25. The van der Waals surface area contributed by atoms with Crippen molar-refractivity contribution in [1.82, 2.24) is 5.32 Å². The third kappa shape index (κ3) is 3.00. The Morgan fingerprint density at radius 1 is 1.20 bits per heavy atom. The molecule has 0 spiro atoms. The summed E-state index contributed by atoms with van der Waals surface area (Å²) >= 11 is 9.73. The van der Waals surface area contributed by atoms with Crippen molar-refractivity contribution in [3.05, 3.63) is 63.1 Å². The van der Waals surface area contributed by atoms with Gasteiger partial charge < -0.3 is 10.2 Å². The summed E-state index contributed by atoms with van der Waals surface area (Å²) in [6.07, 6.45) is 0.